The molecule has 0 saturated carbocycles. The first-order valence-electron chi connectivity index (χ1n) is 4.68. The van der Waals surface area contributed by atoms with E-state index in [0.717, 1.165) is 0 Å². The van der Waals surface area contributed by atoms with Crippen LogP contribution in [-0.2, 0) is 0 Å². The van der Waals surface area contributed by atoms with Crippen LogP contribution in [0.3, 0.4) is 0 Å². The number of nitrogens with zero attached hydrogens (tertiary/aromatic N) is 4. The summed E-state index contributed by atoms with van der Waals surface area (Å²) in [7, 11) is 0. The van der Waals surface area contributed by atoms with Crippen molar-refractivity contribution in [2.24, 2.45) is 0 Å². The molecule has 0 saturated heterocycles. The molecule has 0 aliphatic carbocycles. The van der Waals surface area contributed by atoms with Crippen molar-refractivity contribution in [1.82, 2.24) is 19.9 Å². The van der Waals surface area contributed by atoms with Crippen molar-refractivity contribution in [2.45, 2.75) is 13.8 Å². The van der Waals surface area contributed by atoms with Gasteiger partial charge in [0.1, 0.15) is 23.2 Å². The monoisotopic (exact) mass is 208 g/mol. The van der Waals surface area contributed by atoms with E-state index in [9.17, 15) is 0 Å². The number of hydrogen-bond donors (Lipinski definition) is 0. The molecule has 4 heteroatoms. The number of hydrogen-bond acceptors (Lipinski definition) is 4. The van der Waals surface area contributed by atoms with E-state index in [0.29, 0.717) is 22.6 Å². The molecule has 0 unspecified atom stereocenters. The third kappa shape index (κ3) is 1.82. The van der Waals surface area contributed by atoms with Crippen LogP contribution >= 0.6 is 0 Å². The van der Waals surface area contributed by atoms with Gasteiger partial charge in [0.2, 0.25) is 0 Å². The smallest absolute Gasteiger partial charge is 0.182 e. The molecule has 0 amide bonds. The molecule has 2 aromatic heterocycles. The SMILES string of the molecule is CC#Cc1nc2cncnc2nc1C#CC. The van der Waals surface area contributed by atoms with Crippen molar-refractivity contribution in [2.75, 3.05) is 0 Å². The van der Waals surface area contributed by atoms with Crippen molar-refractivity contribution in [3.8, 4) is 23.7 Å². The van der Waals surface area contributed by atoms with Gasteiger partial charge in [-0.1, -0.05) is 11.8 Å². The average molecular weight is 208 g/mol. The maximum absolute atomic E-state index is 4.32. The van der Waals surface area contributed by atoms with Crippen LogP contribution in [0.15, 0.2) is 12.5 Å². The van der Waals surface area contributed by atoms with Gasteiger partial charge in [-0.2, -0.15) is 0 Å². The van der Waals surface area contributed by atoms with Crippen LogP contribution in [0.5, 0.6) is 0 Å². The standard InChI is InChI=1S/C12H8N4/c1-3-5-9-10(6-4-2)16-12-11(15-9)7-13-8-14-12/h7-8H,1-2H3. The Morgan fingerprint density at radius 2 is 1.69 bits per heavy atom. The molecule has 0 atom stereocenters. The van der Waals surface area contributed by atoms with Crippen LogP contribution in [0.1, 0.15) is 25.2 Å². The molecule has 0 fully saturated rings. The molecule has 0 aliphatic heterocycles. The molecular formula is C12H8N4. The second kappa shape index (κ2) is 4.37. The maximum atomic E-state index is 4.32. The Hall–Kier alpha value is -2.46. The molecule has 0 spiro atoms. The first-order valence-corrected chi connectivity index (χ1v) is 4.68. The van der Waals surface area contributed by atoms with Crippen molar-refractivity contribution < 1.29 is 0 Å². The van der Waals surface area contributed by atoms with Crippen molar-refractivity contribution in [3.63, 3.8) is 0 Å². The van der Waals surface area contributed by atoms with E-state index in [-0.39, 0.29) is 0 Å². The minimum absolute atomic E-state index is 0.536. The van der Waals surface area contributed by atoms with E-state index < -0.39 is 0 Å². The van der Waals surface area contributed by atoms with E-state index in [1.54, 1.807) is 20.0 Å². The molecule has 2 rings (SSSR count). The quantitative estimate of drug-likeness (QED) is 0.610. The van der Waals surface area contributed by atoms with Gasteiger partial charge in [0.15, 0.2) is 5.65 Å². The lowest BCUT2D eigenvalue weighted by molar-refractivity contribution is 1.12. The zero-order valence-corrected chi connectivity index (χ0v) is 8.94. The Bertz CT molecular complexity index is 595. The van der Waals surface area contributed by atoms with Gasteiger partial charge in [0.05, 0.1) is 6.20 Å². The summed E-state index contributed by atoms with van der Waals surface area (Å²) < 4.78 is 0. The molecule has 0 aromatic carbocycles. The third-order valence-corrected chi connectivity index (χ3v) is 1.83. The van der Waals surface area contributed by atoms with Crippen molar-refractivity contribution in [3.05, 3.63) is 23.9 Å². The van der Waals surface area contributed by atoms with Gasteiger partial charge >= 0.3 is 0 Å². The van der Waals surface area contributed by atoms with Gasteiger partial charge < -0.3 is 0 Å². The summed E-state index contributed by atoms with van der Waals surface area (Å²) in [5.41, 5.74) is 2.29. The zero-order valence-electron chi connectivity index (χ0n) is 8.94. The number of rotatable bonds is 0. The second-order valence-electron chi connectivity index (χ2n) is 2.90. The lowest BCUT2D eigenvalue weighted by atomic mass is 10.3. The lowest BCUT2D eigenvalue weighted by Crippen LogP contribution is -1.97. The van der Waals surface area contributed by atoms with Crippen LogP contribution in [0.25, 0.3) is 11.2 Å². The third-order valence-electron chi connectivity index (χ3n) is 1.83. The van der Waals surface area contributed by atoms with Crippen molar-refractivity contribution in [1.29, 1.82) is 0 Å². The molecule has 0 bridgehead atoms. The summed E-state index contributed by atoms with van der Waals surface area (Å²) in [6, 6.07) is 0. The topological polar surface area (TPSA) is 51.6 Å². The van der Waals surface area contributed by atoms with Crippen molar-refractivity contribution >= 4 is 11.2 Å². The van der Waals surface area contributed by atoms with Crippen LogP contribution < -0.4 is 0 Å². The first-order chi connectivity index (χ1) is 7.85. The fraction of sp³-hybridized carbons (Fsp3) is 0.167. The summed E-state index contributed by atoms with van der Waals surface area (Å²) in [6.07, 6.45) is 3.05. The zero-order chi connectivity index (χ0) is 11.4. The van der Waals surface area contributed by atoms with E-state index in [1.807, 2.05) is 0 Å². The lowest BCUT2D eigenvalue weighted by Gasteiger charge is -1.98. The average Bonchev–Trinajstić information content (AvgIpc) is 2.30. The van der Waals surface area contributed by atoms with Crippen LogP contribution in [-0.4, -0.2) is 19.9 Å². The molecule has 16 heavy (non-hydrogen) atoms. The second-order valence-corrected chi connectivity index (χ2v) is 2.90. The minimum atomic E-state index is 0.536. The Kier molecular flexibility index (Phi) is 2.75. The Balaban J connectivity index is 2.77. The molecule has 76 valence electrons. The molecule has 0 radical (unpaired) electrons. The Morgan fingerprint density at radius 1 is 1.00 bits per heavy atom. The molecule has 0 aliphatic rings. The normalized spacial score (nSPS) is 8.88. The summed E-state index contributed by atoms with van der Waals surface area (Å²) in [4.78, 5) is 16.5. The summed E-state index contributed by atoms with van der Waals surface area (Å²) in [6.45, 7) is 3.49. The van der Waals surface area contributed by atoms with E-state index in [4.69, 9.17) is 0 Å². The van der Waals surface area contributed by atoms with E-state index in [2.05, 4.69) is 43.6 Å². The van der Waals surface area contributed by atoms with Gasteiger partial charge in [-0.05, 0) is 25.7 Å². The Morgan fingerprint density at radius 3 is 2.38 bits per heavy atom. The number of aromatic nitrogens is 4. The highest BCUT2D eigenvalue weighted by molar-refractivity contribution is 5.70. The summed E-state index contributed by atoms with van der Waals surface area (Å²) in [5.74, 6) is 11.3. The molecule has 0 N–H and O–H groups in total. The van der Waals surface area contributed by atoms with Crippen LogP contribution in [0.4, 0.5) is 0 Å². The van der Waals surface area contributed by atoms with Gasteiger partial charge in [0, 0.05) is 0 Å². The first kappa shape index (κ1) is 10.1. The van der Waals surface area contributed by atoms with Gasteiger partial charge in [-0.25, -0.2) is 19.9 Å². The number of fused-ring (bicyclic) bond motifs is 1. The fourth-order valence-electron chi connectivity index (χ4n) is 1.22. The molecule has 2 aromatic rings. The van der Waals surface area contributed by atoms with Gasteiger partial charge in [0.25, 0.3) is 0 Å². The molecule has 4 nitrogen and oxygen atoms in total. The highest BCUT2D eigenvalue weighted by Crippen LogP contribution is 2.08. The predicted octanol–water partition coefficient (Wildman–Crippen LogP) is 1.16. The van der Waals surface area contributed by atoms with Crippen LogP contribution in [0.2, 0.25) is 0 Å². The van der Waals surface area contributed by atoms with Gasteiger partial charge in [-0.15, -0.1) is 0 Å². The molecule has 2 heterocycles. The van der Waals surface area contributed by atoms with Gasteiger partial charge in [-0.3, -0.25) is 0 Å². The minimum Gasteiger partial charge on any atom is -0.242 e. The Labute approximate surface area is 93.2 Å². The largest absolute Gasteiger partial charge is 0.242 e. The highest BCUT2D eigenvalue weighted by Gasteiger charge is 2.05. The van der Waals surface area contributed by atoms with Crippen LogP contribution in [0, 0.1) is 23.7 Å². The fourth-order valence-corrected chi connectivity index (χ4v) is 1.22. The predicted molar refractivity (Wildman–Crippen MR) is 60.2 cm³/mol. The van der Waals surface area contributed by atoms with E-state index >= 15 is 0 Å². The highest BCUT2D eigenvalue weighted by atomic mass is 15.0. The maximum Gasteiger partial charge on any atom is 0.182 e. The summed E-state index contributed by atoms with van der Waals surface area (Å²) >= 11 is 0. The van der Waals surface area contributed by atoms with E-state index in [1.165, 1.54) is 6.33 Å². The molecular weight excluding hydrogens is 200 g/mol. The summed E-state index contributed by atoms with van der Waals surface area (Å²) in [5, 5.41) is 0.